The summed E-state index contributed by atoms with van der Waals surface area (Å²) in [6.45, 7) is 4.59. The van der Waals surface area contributed by atoms with E-state index in [1.165, 1.54) is 24.2 Å². The topological polar surface area (TPSA) is 21.3 Å². The summed E-state index contributed by atoms with van der Waals surface area (Å²) in [6.07, 6.45) is 3.53. The Balaban J connectivity index is 1.87. The smallest absolute Gasteiger partial charge is 0.118 e. The second-order valence-electron chi connectivity index (χ2n) is 5.14. The van der Waals surface area contributed by atoms with Gasteiger partial charge in [-0.2, -0.15) is 0 Å². The molecule has 100 valence electrons. The number of thioether (sulfide) groups is 1. The van der Waals surface area contributed by atoms with Gasteiger partial charge >= 0.3 is 0 Å². The van der Waals surface area contributed by atoms with Crippen molar-refractivity contribution < 1.29 is 4.74 Å². The van der Waals surface area contributed by atoms with Crippen molar-refractivity contribution in [2.45, 2.75) is 44.0 Å². The molecule has 3 heteroatoms. The van der Waals surface area contributed by atoms with Gasteiger partial charge < -0.3 is 4.74 Å². The molecule has 1 saturated heterocycles. The van der Waals surface area contributed by atoms with E-state index < -0.39 is 0 Å². The van der Waals surface area contributed by atoms with Gasteiger partial charge in [-0.3, -0.25) is 5.32 Å². The molecule has 1 aliphatic rings. The number of methoxy groups -OCH3 is 1. The Kier molecular flexibility index (Phi) is 4.57. The summed E-state index contributed by atoms with van der Waals surface area (Å²) in [6, 6.07) is 9.11. The predicted molar refractivity (Wildman–Crippen MR) is 79.4 cm³/mol. The van der Waals surface area contributed by atoms with E-state index in [9.17, 15) is 0 Å². The Labute approximate surface area is 114 Å². The number of ether oxygens (including phenoxy) is 1. The lowest BCUT2D eigenvalue weighted by Crippen LogP contribution is -2.39. The van der Waals surface area contributed by atoms with E-state index in [-0.39, 0.29) is 4.87 Å². The molecule has 2 nitrogen and oxygen atoms in total. The van der Waals surface area contributed by atoms with Crippen LogP contribution in [0.1, 0.15) is 32.3 Å². The van der Waals surface area contributed by atoms with Gasteiger partial charge in [-0.1, -0.05) is 19.1 Å². The van der Waals surface area contributed by atoms with Crippen LogP contribution in [0.15, 0.2) is 24.3 Å². The highest BCUT2D eigenvalue weighted by atomic mass is 32.2. The number of nitrogens with one attached hydrogen (secondary N) is 1. The van der Waals surface area contributed by atoms with Crippen molar-refractivity contribution in [1.82, 2.24) is 5.32 Å². The van der Waals surface area contributed by atoms with Crippen molar-refractivity contribution in [2.24, 2.45) is 0 Å². The van der Waals surface area contributed by atoms with Crippen molar-refractivity contribution in [2.75, 3.05) is 12.9 Å². The molecule has 2 unspecified atom stereocenters. The fraction of sp³-hybridized carbons (Fsp3) is 0.600. The van der Waals surface area contributed by atoms with E-state index in [1.807, 2.05) is 12.1 Å². The van der Waals surface area contributed by atoms with Gasteiger partial charge in [0.1, 0.15) is 5.75 Å². The molecule has 0 aliphatic carbocycles. The van der Waals surface area contributed by atoms with Gasteiger partial charge in [0.15, 0.2) is 0 Å². The highest BCUT2D eigenvalue weighted by molar-refractivity contribution is 8.00. The minimum absolute atomic E-state index is 0.251. The Morgan fingerprint density at radius 1 is 1.39 bits per heavy atom. The largest absolute Gasteiger partial charge is 0.497 e. The van der Waals surface area contributed by atoms with Gasteiger partial charge in [-0.15, -0.1) is 11.8 Å². The van der Waals surface area contributed by atoms with E-state index in [0.29, 0.717) is 6.04 Å². The molecular weight excluding hydrogens is 242 g/mol. The summed E-state index contributed by atoms with van der Waals surface area (Å²) >= 11 is 2.07. The molecule has 0 bridgehead atoms. The average Bonchev–Trinajstić information content (AvgIpc) is 2.79. The first-order valence-corrected chi connectivity index (χ1v) is 7.68. The van der Waals surface area contributed by atoms with Crippen LogP contribution >= 0.6 is 11.8 Å². The molecule has 1 fully saturated rings. The first-order chi connectivity index (χ1) is 8.65. The standard InChI is InChI=1S/C15H23NOS/c1-4-13-11-18-15(2,16-13)10-9-12-5-7-14(17-3)8-6-12/h5-8,13,16H,4,9-11H2,1-3H3. The highest BCUT2D eigenvalue weighted by Crippen LogP contribution is 2.34. The van der Waals surface area contributed by atoms with Gasteiger partial charge in [0.25, 0.3) is 0 Å². The van der Waals surface area contributed by atoms with E-state index in [4.69, 9.17) is 4.74 Å². The maximum absolute atomic E-state index is 5.18. The zero-order chi connectivity index (χ0) is 13.0. The molecule has 0 spiro atoms. The Bertz CT molecular complexity index is 379. The molecular formula is C15H23NOS. The summed E-state index contributed by atoms with van der Waals surface area (Å²) in [5, 5.41) is 3.75. The van der Waals surface area contributed by atoms with E-state index in [0.717, 1.165) is 12.2 Å². The van der Waals surface area contributed by atoms with Crippen LogP contribution in [0.2, 0.25) is 0 Å². The Morgan fingerprint density at radius 3 is 2.67 bits per heavy atom. The van der Waals surface area contributed by atoms with Crippen LogP contribution in [-0.4, -0.2) is 23.8 Å². The first-order valence-electron chi connectivity index (χ1n) is 6.70. The minimum Gasteiger partial charge on any atom is -0.497 e. The SMILES string of the molecule is CCC1CSC(C)(CCc2ccc(OC)cc2)N1. The van der Waals surface area contributed by atoms with Gasteiger partial charge in [-0.25, -0.2) is 0 Å². The van der Waals surface area contributed by atoms with Crippen LogP contribution in [0.25, 0.3) is 0 Å². The third-order valence-corrected chi connectivity index (χ3v) is 5.18. The average molecular weight is 265 g/mol. The number of rotatable bonds is 5. The molecule has 0 radical (unpaired) electrons. The van der Waals surface area contributed by atoms with Crippen LogP contribution in [0, 0.1) is 0 Å². The number of benzene rings is 1. The van der Waals surface area contributed by atoms with E-state index in [1.54, 1.807) is 7.11 Å². The fourth-order valence-corrected chi connectivity index (χ4v) is 3.72. The number of hydrogen-bond donors (Lipinski definition) is 1. The normalized spacial score (nSPS) is 27.4. The summed E-state index contributed by atoms with van der Waals surface area (Å²) in [4.78, 5) is 0.251. The van der Waals surface area contributed by atoms with Crippen LogP contribution in [0.4, 0.5) is 0 Å². The zero-order valence-corrected chi connectivity index (χ0v) is 12.3. The lowest BCUT2D eigenvalue weighted by molar-refractivity contribution is 0.414. The predicted octanol–water partition coefficient (Wildman–Crippen LogP) is 3.46. The molecule has 0 amide bonds. The third kappa shape index (κ3) is 3.42. The fourth-order valence-electron chi connectivity index (χ4n) is 2.34. The van der Waals surface area contributed by atoms with Gasteiger partial charge in [-0.05, 0) is 43.9 Å². The van der Waals surface area contributed by atoms with Gasteiger partial charge in [0, 0.05) is 11.8 Å². The molecule has 1 heterocycles. The summed E-state index contributed by atoms with van der Waals surface area (Å²) in [7, 11) is 1.71. The minimum atomic E-state index is 0.251. The van der Waals surface area contributed by atoms with Gasteiger partial charge in [0.2, 0.25) is 0 Å². The summed E-state index contributed by atoms with van der Waals surface area (Å²) in [5.41, 5.74) is 1.39. The summed E-state index contributed by atoms with van der Waals surface area (Å²) in [5.74, 6) is 2.18. The molecule has 18 heavy (non-hydrogen) atoms. The Hall–Kier alpha value is -0.670. The van der Waals surface area contributed by atoms with Gasteiger partial charge in [0.05, 0.1) is 12.0 Å². The lowest BCUT2D eigenvalue weighted by Gasteiger charge is -2.24. The molecule has 1 N–H and O–H groups in total. The molecule has 1 aliphatic heterocycles. The number of hydrogen-bond acceptors (Lipinski definition) is 3. The second-order valence-corrected chi connectivity index (χ2v) is 6.66. The monoisotopic (exact) mass is 265 g/mol. The van der Waals surface area contributed by atoms with Crippen LogP contribution in [0.3, 0.4) is 0 Å². The van der Waals surface area contributed by atoms with Crippen molar-refractivity contribution in [3.8, 4) is 5.75 Å². The van der Waals surface area contributed by atoms with Crippen LogP contribution in [-0.2, 0) is 6.42 Å². The molecule has 0 saturated carbocycles. The van der Waals surface area contributed by atoms with Crippen molar-refractivity contribution in [1.29, 1.82) is 0 Å². The summed E-state index contributed by atoms with van der Waals surface area (Å²) < 4.78 is 5.18. The van der Waals surface area contributed by atoms with E-state index in [2.05, 4.69) is 43.1 Å². The molecule has 2 atom stereocenters. The van der Waals surface area contributed by atoms with E-state index >= 15 is 0 Å². The second kappa shape index (κ2) is 5.98. The Morgan fingerprint density at radius 2 is 2.11 bits per heavy atom. The molecule has 0 aromatic heterocycles. The maximum atomic E-state index is 5.18. The molecule has 1 aromatic rings. The van der Waals surface area contributed by atoms with Crippen molar-refractivity contribution in [3.05, 3.63) is 29.8 Å². The zero-order valence-electron chi connectivity index (χ0n) is 11.5. The maximum Gasteiger partial charge on any atom is 0.118 e. The van der Waals surface area contributed by atoms with Crippen molar-refractivity contribution in [3.63, 3.8) is 0 Å². The molecule has 1 aromatic carbocycles. The lowest BCUT2D eigenvalue weighted by atomic mass is 10.0. The molecule has 2 rings (SSSR count). The van der Waals surface area contributed by atoms with Crippen molar-refractivity contribution >= 4 is 11.8 Å². The van der Waals surface area contributed by atoms with Crippen LogP contribution in [0.5, 0.6) is 5.75 Å². The quantitative estimate of drug-likeness (QED) is 0.881. The number of aryl methyl sites for hydroxylation is 1. The first kappa shape index (κ1) is 13.8. The van der Waals surface area contributed by atoms with Crippen LogP contribution < -0.4 is 10.1 Å². The highest BCUT2D eigenvalue weighted by Gasteiger charge is 2.33. The third-order valence-electron chi connectivity index (χ3n) is 3.66.